The third-order valence-corrected chi connectivity index (χ3v) is 3.77. The van der Waals surface area contributed by atoms with Gasteiger partial charge in [0.2, 0.25) is 5.67 Å². The second kappa shape index (κ2) is 4.82. The first-order chi connectivity index (χ1) is 9.56. The Hall–Kier alpha value is -1.92. The van der Waals surface area contributed by atoms with Crippen molar-refractivity contribution in [2.75, 3.05) is 13.1 Å². The van der Waals surface area contributed by atoms with Gasteiger partial charge in [0.25, 0.3) is 5.91 Å². The van der Waals surface area contributed by atoms with Crippen LogP contribution in [0.2, 0.25) is 0 Å². The van der Waals surface area contributed by atoms with E-state index in [-0.39, 0.29) is 24.4 Å². The van der Waals surface area contributed by atoms with Gasteiger partial charge in [-0.3, -0.25) is 9.48 Å². The van der Waals surface area contributed by atoms with Gasteiger partial charge in [0.05, 0.1) is 23.8 Å². The number of hydrogen-bond acceptors (Lipinski definition) is 3. The number of amides is 1. The van der Waals surface area contributed by atoms with E-state index in [9.17, 15) is 14.0 Å². The van der Waals surface area contributed by atoms with Crippen LogP contribution in [-0.2, 0) is 10.3 Å². The average Bonchev–Trinajstić information content (AvgIpc) is 2.92. The molecule has 1 aliphatic rings. The minimum atomic E-state index is -2.34. The molecule has 6 nitrogen and oxygen atoms in total. The Balaban J connectivity index is 2.23. The minimum Gasteiger partial charge on any atom is -0.479 e. The molecule has 1 aromatic rings. The van der Waals surface area contributed by atoms with Crippen LogP contribution in [0, 0.1) is 6.92 Å². The number of carboxylic acid groups (broad SMARTS) is 1. The molecule has 0 saturated carbocycles. The molecule has 7 heteroatoms. The molecule has 1 atom stereocenters. The molecule has 0 spiro atoms. The summed E-state index contributed by atoms with van der Waals surface area (Å²) < 4.78 is 15.8. The Morgan fingerprint density at radius 1 is 1.43 bits per heavy atom. The van der Waals surface area contributed by atoms with Crippen molar-refractivity contribution in [2.24, 2.45) is 0 Å². The predicted octanol–water partition coefficient (Wildman–Crippen LogP) is 1.59. The Morgan fingerprint density at radius 3 is 2.48 bits per heavy atom. The molecule has 1 unspecified atom stereocenters. The molecule has 1 amide bonds. The van der Waals surface area contributed by atoms with E-state index in [0.29, 0.717) is 11.3 Å². The topological polar surface area (TPSA) is 75.4 Å². The molecule has 21 heavy (non-hydrogen) atoms. The zero-order chi connectivity index (χ0) is 16.0. The molecule has 1 aliphatic heterocycles. The van der Waals surface area contributed by atoms with E-state index < -0.39 is 18.2 Å². The number of halogens is 1. The number of aliphatic carboxylic acids is 1. The highest BCUT2D eigenvalue weighted by Crippen LogP contribution is 2.28. The first-order valence-corrected chi connectivity index (χ1v) is 6.83. The molecule has 2 rings (SSSR count). The monoisotopic (exact) mass is 297 g/mol. The summed E-state index contributed by atoms with van der Waals surface area (Å²) in [6.07, 6.45) is 1.28. The van der Waals surface area contributed by atoms with Crippen molar-refractivity contribution in [3.05, 3.63) is 17.5 Å². The van der Waals surface area contributed by atoms with Gasteiger partial charge in [-0.2, -0.15) is 5.10 Å². The third-order valence-electron chi connectivity index (χ3n) is 3.77. The minimum absolute atomic E-state index is 0.0990. The number of alkyl halides is 1. The Bertz CT molecular complexity index is 591. The Morgan fingerprint density at radius 2 is 2.05 bits per heavy atom. The lowest BCUT2D eigenvalue weighted by molar-refractivity contribution is -0.149. The van der Waals surface area contributed by atoms with Gasteiger partial charge in [-0.15, -0.1) is 0 Å². The number of nitrogens with zero attached hydrogens (tertiary/aromatic N) is 3. The summed E-state index contributed by atoms with van der Waals surface area (Å²) in [6, 6.07) is 0. The van der Waals surface area contributed by atoms with Crippen LogP contribution in [0.25, 0.3) is 0 Å². The maximum absolute atomic E-state index is 14.0. The van der Waals surface area contributed by atoms with E-state index in [4.69, 9.17) is 5.11 Å². The van der Waals surface area contributed by atoms with Crippen LogP contribution in [0.1, 0.15) is 43.2 Å². The molecule has 0 bridgehead atoms. The number of hydrogen-bond donors (Lipinski definition) is 1. The lowest BCUT2D eigenvalue weighted by Gasteiger charge is -2.22. The summed E-state index contributed by atoms with van der Waals surface area (Å²) in [5, 5.41) is 13.1. The SMILES string of the molecule is Cc1c(C(=O)N2CCC(F)(C(=O)O)C2)cnn1C(C)(C)C. The van der Waals surface area contributed by atoms with Crippen molar-refractivity contribution in [2.45, 2.75) is 45.3 Å². The van der Waals surface area contributed by atoms with Crippen LogP contribution >= 0.6 is 0 Å². The summed E-state index contributed by atoms with van der Waals surface area (Å²) in [7, 11) is 0. The lowest BCUT2D eigenvalue weighted by Crippen LogP contribution is -2.39. The first kappa shape index (κ1) is 15.5. The summed E-state index contributed by atoms with van der Waals surface area (Å²) >= 11 is 0. The van der Waals surface area contributed by atoms with Crippen LogP contribution in [0.3, 0.4) is 0 Å². The van der Waals surface area contributed by atoms with Gasteiger partial charge in [0.1, 0.15) is 0 Å². The largest absolute Gasteiger partial charge is 0.479 e. The van der Waals surface area contributed by atoms with Crippen molar-refractivity contribution < 1.29 is 19.1 Å². The highest BCUT2D eigenvalue weighted by atomic mass is 19.1. The number of carboxylic acids is 1. The van der Waals surface area contributed by atoms with Gasteiger partial charge in [0.15, 0.2) is 0 Å². The molecule has 1 aromatic heterocycles. The van der Waals surface area contributed by atoms with Crippen LogP contribution in [0.4, 0.5) is 4.39 Å². The number of carbonyl (C=O) groups is 2. The van der Waals surface area contributed by atoms with Gasteiger partial charge in [0, 0.05) is 18.7 Å². The van der Waals surface area contributed by atoms with E-state index in [1.165, 1.54) is 11.1 Å². The fourth-order valence-electron chi connectivity index (χ4n) is 2.59. The molecule has 0 aromatic carbocycles. The molecular weight excluding hydrogens is 277 g/mol. The molecule has 1 N–H and O–H groups in total. The van der Waals surface area contributed by atoms with Crippen LogP contribution < -0.4 is 0 Å². The van der Waals surface area contributed by atoms with Gasteiger partial charge < -0.3 is 10.0 Å². The average molecular weight is 297 g/mol. The zero-order valence-electron chi connectivity index (χ0n) is 12.7. The van der Waals surface area contributed by atoms with E-state index in [2.05, 4.69) is 5.10 Å². The van der Waals surface area contributed by atoms with Gasteiger partial charge in [-0.1, -0.05) is 0 Å². The zero-order valence-corrected chi connectivity index (χ0v) is 12.7. The van der Waals surface area contributed by atoms with Crippen molar-refractivity contribution in [3.8, 4) is 0 Å². The summed E-state index contributed by atoms with van der Waals surface area (Å²) in [4.78, 5) is 24.6. The number of carbonyl (C=O) groups excluding carboxylic acids is 1. The van der Waals surface area contributed by atoms with E-state index in [1.54, 1.807) is 11.6 Å². The molecule has 0 radical (unpaired) electrons. The molecule has 116 valence electrons. The Labute approximate surface area is 122 Å². The highest BCUT2D eigenvalue weighted by molar-refractivity contribution is 5.96. The van der Waals surface area contributed by atoms with Crippen molar-refractivity contribution in [1.82, 2.24) is 14.7 Å². The van der Waals surface area contributed by atoms with E-state index >= 15 is 0 Å². The van der Waals surface area contributed by atoms with Crippen LogP contribution in [-0.4, -0.2) is 50.4 Å². The predicted molar refractivity (Wildman–Crippen MR) is 74.0 cm³/mol. The quantitative estimate of drug-likeness (QED) is 0.899. The van der Waals surface area contributed by atoms with Gasteiger partial charge >= 0.3 is 5.97 Å². The maximum atomic E-state index is 14.0. The number of aromatic nitrogens is 2. The van der Waals surface area contributed by atoms with Crippen LogP contribution in [0.5, 0.6) is 0 Å². The van der Waals surface area contributed by atoms with Gasteiger partial charge in [-0.25, -0.2) is 9.18 Å². The summed E-state index contributed by atoms with van der Waals surface area (Å²) in [5.74, 6) is -1.89. The third kappa shape index (κ3) is 2.64. The lowest BCUT2D eigenvalue weighted by atomic mass is 10.1. The number of likely N-dealkylation sites (tertiary alicyclic amines) is 1. The molecule has 1 fully saturated rings. The summed E-state index contributed by atoms with van der Waals surface area (Å²) in [6.45, 7) is 7.36. The van der Waals surface area contributed by atoms with Crippen molar-refractivity contribution >= 4 is 11.9 Å². The maximum Gasteiger partial charge on any atom is 0.343 e. The fourth-order valence-corrected chi connectivity index (χ4v) is 2.59. The molecule has 0 aliphatic carbocycles. The Kier molecular flexibility index (Phi) is 3.55. The highest BCUT2D eigenvalue weighted by Gasteiger charge is 2.47. The molecule has 1 saturated heterocycles. The van der Waals surface area contributed by atoms with E-state index in [0.717, 1.165) is 0 Å². The first-order valence-electron chi connectivity index (χ1n) is 6.83. The fraction of sp³-hybridized carbons (Fsp3) is 0.643. The molecular formula is C14H20FN3O3. The second-order valence-corrected chi connectivity index (χ2v) is 6.47. The van der Waals surface area contributed by atoms with Crippen molar-refractivity contribution in [1.29, 1.82) is 0 Å². The molecule has 2 heterocycles. The number of rotatable bonds is 2. The van der Waals surface area contributed by atoms with Gasteiger partial charge in [-0.05, 0) is 27.7 Å². The van der Waals surface area contributed by atoms with E-state index in [1.807, 2.05) is 20.8 Å². The standard InChI is InChI=1S/C14H20FN3O3/c1-9-10(7-16-18(9)13(2,3)4)11(19)17-6-5-14(15,8-17)12(20)21/h7H,5-6,8H2,1-4H3,(H,20,21). The van der Waals surface area contributed by atoms with Crippen LogP contribution in [0.15, 0.2) is 6.20 Å². The normalized spacial score (nSPS) is 22.6. The summed E-state index contributed by atoms with van der Waals surface area (Å²) in [5.41, 5.74) is -1.53. The smallest absolute Gasteiger partial charge is 0.343 e. The second-order valence-electron chi connectivity index (χ2n) is 6.47. The van der Waals surface area contributed by atoms with Crippen molar-refractivity contribution in [3.63, 3.8) is 0 Å².